The van der Waals surface area contributed by atoms with Crippen molar-refractivity contribution in [1.29, 1.82) is 0 Å². The number of ether oxygens (including phenoxy) is 1. The summed E-state index contributed by atoms with van der Waals surface area (Å²) in [7, 11) is 0. The lowest BCUT2D eigenvalue weighted by Crippen LogP contribution is -2.20. The van der Waals surface area contributed by atoms with Gasteiger partial charge >= 0.3 is 6.18 Å². The molecule has 0 heterocycles. The average molecular weight is 357 g/mol. The number of rotatable bonds is 4. The highest BCUT2D eigenvalue weighted by Crippen LogP contribution is 2.34. The van der Waals surface area contributed by atoms with Gasteiger partial charge in [0.15, 0.2) is 0 Å². The summed E-state index contributed by atoms with van der Waals surface area (Å²) in [6.45, 7) is 1.18. The zero-order chi connectivity index (χ0) is 17.7. The van der Waals surface area contributed by atoms with E-state index < -0.39 is 23.4 Å². The van der Waals surface area contributed by atoms with Crippen molar-refractivity contribution in [2.45, 2.75) is 13.1 Å². The fourth-order valence-corrected chi connectivity index (χ4v) is 1.93. The number of alkyl halides is 3. The zero-order valence-electron chi connectivity index (χ0n) is 12.4. The molecular formula is C16H12ClF3N2O2. The summed E-state index contributed by atoms with van der Waals surface area (Å²) in [5.74, 6) is -0.719. The Hall–Kier alpha value is -2.54. The molecule has 0 radical (unpaired) electrons. The highest BCUT2D eigenvalue weighted by atomic mass is 35.5. The van der Waals surface area contributed by atoms with Crippen LogP contribution in [0, 0.1) is 0 Å². The number of nitrogens with one attached hydrogen (secondary N) is 1. The summed E-state index contributed by atoms with van der Waals surface area (Å²) in [5.41, 5.74) is 1.03. The van der Waals surface area contributed by atoms with Gasteiger partial charge in [0, 0.05) is 11.9 Å². The van der Waals surface area contributed by atoms with Gasteiger partial charge in [-0.05, 0) is 30.3 Å². The van der Waals surface area contributed by atoms with Crippen molar-refractivity contribution in [1.82, 2.24) is 0 Å². The standard InChI is InChI=1S/C16H12ClF3N2O2/c1-10(23)15(24-12-6-4-5-11(17)9-12)22-21-14-8-3-2-7-13(14)16(18,19)20/h2-9,21H,1H3. The number of hydrazone groups is 1. The summed E-state index contributed by atoms with van der Waals surface area (Å²) in [5, 5.41) is 4.02. The van der Waals surface area contributed by atoms with Gasteiger partial charge in [0.05, 0.1) is 11.3 Å². The first-order chi connectivity index (χ1) is 11.3. The van der Waals surface area contributed by atoms with Crippen molar-refractivity contribution in [3.05, 3.63) is 59.1 Å². The lowest BCUT2D eigenvalue weighted by atomic mass is 10.2. The summed E-state index contributed by atoms with van der Waals surface area (Å²) >= 11 is 5.81. The van der Waals surface area contributed by atoms with Crippen molar-refractivity contribution in [3.63, 3.8) is 0 Å². The van der Waals surface area contributed by atoms with E-state index in [-0.39, 0.29) is 11.4 Å². The molecule has 0 atom stereocenters. The quantitative estimate of drug-likeness (QED) is 0.488. The first kappa shape index (κ1) is 17.8. The second-order valence-electron chi connectivity index (χ2n) is 4.69. The number of benzene rings is 2. The van der Waals surface area contributed by atoms with Crippen LogP contribution in [0.1, 0.15) is 12.5 Å². The monoisotopic (exact) mass is 356 g/mol. The number of Topliss-reactive ketones (excluding diaryl/α,β-unsaturated/α-hetero) is 1. The van der Waals surface area contributed by atoms with Crippen molar-refractivity contribution >= 4 is 29.0 Å². The van der Waals surface area contributed by atoms with E-state index in [0.29, 0.717) is 5.02 Å². The van der Waals surface area contributed by atoms with Crippen molar-refractivity contribution in [2.24, 2.45) is 5.10 Å². The maximum absolute atomic E-state index is 12.9. The minimum Gasteiger partial charge on any atom is -0.435 e. The van der Waals surface area contributed by atoms with Gasteiger partial charge < -0.3 is 4.74 Å². The Morgan fingerprint density at radius 2 is 1.88 bits per heavy atom. The van der Waals surface area contributed by atoms with E-state index in [4.69, 9.17) is 16.3 Å². The van der Waals surface area contributed by atoms with Gasteiger partial charge in [-0.25, -0.2) is 0 Å². The Balaban J connectivity index is 2.26. The summed E-state index contributed by atoms with van der Waals surface area (Å²) in [6, 6.07) is 11.0. The van der Waals surface area contributed by atoms with Crippen molar-refractivity contribution in [3.8, 4) is 5.75 Å². The highest BCUT2D eigenvalue weighted by molar-refractivity contribution is 6.36. The first-order valence-corrected chi connectivity index (χ1v) is 7.09. The van der Waals surface area contributed by atoms with Crippen LogP contribution in [0.25, 0.3) is 0 Å². The topological polar surface area (TPSA) is 50.7 Å². The maximum atomic E-state index is 12.9. The van der Waals surface area contributed by atoms with E-state index in [1.807, 2.05) is 0 Å². The van der Waals surface area contributed by atoms with Gasteiger partial charge in [0.2, 0.25) is 5.78 Å². The van der Waals surface area contributed by atoms with E-state index in [0.717, 1.165) is 6.07 Å². The van der Waals surface area contributed by atoms with Gasteiger partial charge in [-0.3, -0.25) is 10.2 Å². The van der Waals surface area contributed by atoms with Gasteiger partial charge in [0.25, 0.3) is 5.90 Å². The second-order valence-corrected chi connectivity index (χ2v) is 5.12. The Labute approximate surface area is 140 Å². The molecule has 8 heteroatoms. The molecule has 24 heavy (non-hydrogen) atoms. The molecule has 1 N–H and O–H groups in total. The van der Waals surface area contributed by atoms with Gasteiger partial charge in [-0.15, -0.1) is 5.10 Å². The molecule has 4 nitrogen and oxygen atoms in total. The number of hydrogen-bond acceptors (Lipinski definition) is 4. The molecule has 0 aromatic heterocycles. The molecular weight excluding hydrogens is 345 g/mol. The van der Waals surface area contributed by atoms with Crippen LogP contribution in [0.3, 0.4) is 0 Å². The number of anilines is 1. The predicted octanol–water partition coefficient (Wildman–Crippen LogP) is 4.75. The van der Waals surface area contributed by atoms with Crippen LogP contribution >= 0.6 is 11.6 Å². The molecule has 0 unspecified atom stereocenters. The third-order valence-corrected chi connectivity index (χ3v) is 3.06. The van der Waals surface area contributed by atoms with Crippen LogP contribution < -0.4 is 10.2 Å². The minimum absolute atomic E-state index is 0.238. The predicted molar refractivity (Wildman–Crippen MR) is 85.3 cm³/mol. The second kappa shape index (κ2) is 7.35. The minimum atomic E-state index is -4.55. The number of carbonyl (C=O) groups is 1. The SMILES string of the molecule is CC(=O)C(=NNc1ccccc1C(F)(F)F)Oc1cccc(Cl)c1. The molecule has 2 aromatic carbocycles. The Morgan fingerprint density at radius 1 is 1.17 bits per heavy atom. The van der Waals surface area contributed by atoms with Crippen LogP contribution in [0.5, 0.6) is 5.75 Å². The normalized spacial score (nSPS) is 12.0. The van der Waals surface area contributed by atoms with Crippen LogP contribution in [-0.2, 0) is 11.0 Å². The van der Waals surface area contributed by atoms with E-state index in [1.165, 1.54) is 37.3 Å². The number of ketones is 1. The Kier molecular flexibility index (Phi) is 5.46. The third-order valence-electron chi connectivity index (χ3n) is 2.82. The van der Waals surface area contributed by atoms with E-state index >= 15 is 0 Å². The molecule has 0 fully saturated rings. The molecule has 0 amide bonds. The van der Waals surface area contributed by atoms with E-state index in [1.54, 1.807) is 12.1 Å². The fraction of sp³-hybridized carbons (Fsp3) is 0.125. The number of hydrogen-bond donors (Lipinski definition) is 1. The lowest BCUT2D eigenvalue weighted by molar-refractivity contribution is -0.137. The van der Waals surface area contributed by atoms with Gasteiger partial charge in [-0.2, -0.15) is 13.2 Å². The maximum Gasteiger partial charge on any atom is 0.418 e. The molecule has 0 spiro atoms. The highest BCUT2D eigenvalue weighted by Gasteiger charge is 2.33. The van der Waals surface area contributed by atoms with Crippen molar-refractivity contribution in [2.75, 3.05) is 5.43 Å². The Morgan fingerprint density at radius 3 is 2.50 bits per heavy atom. The third kappa shape index (κ3) is 4.73. The average Bonchev–Trinajstić information content (AvgIpc) is 2.50. The van der Waals surface area contributed by atoms with E-state index in [9.17, 15) is 18.0 Å². The molecule has 0 saturated carbocycles. The van der Waals surface area contributed by atoms with Crippen LogP contribution in [0.4, 0.5) is 18.9 Å². The fourth-order valence-electron chi connectivity index (χ4n) is 1.75. The number of nitrogens with zero attached hydrogens (tertiary/aromatic N) is 1. The summed E-state index contributed by atoms with van der Waals surface area (Å²) < 4.78 is 44.0. The molecule has 0 aliphatic rings. The molecule has 126 valence electrons. The number of para-hydroxylation sites is 1. The smallest absolute Gasteiger partial charge is 0.418 e. The summed E-state index contributed by atoms with van der Waals surface area (Å²) in [4.78, 5) is 11.6. The molecule has 0 bridgehead atoms. The van der Waals surface area contributed by atoms with Crippen LogP contribution in [0.15, 0.2) is 53.6 Å². The molecule has 0 saturated heterocycles. The summed E-state index contributed by atoms with van der Waals surface area (Å²) in [6.07, 6.45) is -4.55. The van der Waals surface area contributed by atoms with E-state index in [2.05, 4.69) is 10.5 Å². The lowest BCUT2D eigenvalue weighted by Gasteiger charge is -2.12. The van der Waals surface area contributed by atoms with Crippen LogP contribution in [-0.4, -0.2) is 11.7 Å². The molecule has 2 rings (SSSR count). The molecule has 2 aromatic rings. The Bertz CT molecular complexity index is 776. The van der Waals surface area contributed by atoms with Crippen molar-refractivity contribution < 1.29 is 22.7 Å². The zero-order valence-corrected chi connectivity index (χ0v) is 13.2. The van der Waals surface area contributed by atoms with Gasteiger partial charge in [-0.1, -0.05) is 29.8 Å². The largest absolute Gasteiger partial charge is 0.435 e. The first-order valence-electron chi connectivity index (χ1n) is 6.71. The number of halogens is 4. The van der Waals surface area contributed by atoms with Crippen LogP contribution in [0.2, 0.25) is 5.02 Å². The molecule has 0 aliphatic heterocycles. The molecule has 0 aliphatic carbocycles. The van der Waals surface area contributed by atoms with Gasteiger partial charge in [0.1, 0.15) is 5.75 Å². The number of carbonyl (C=O) groups excluding carboxylic acids is 1.